The molecule has 1 aliphatic heterocycles. The fraction of sp³-hybridized carbons (Fsp3) is 0.400. The van der Waals surface area contributed by atoms with Crippen LogP contribution in [0.1, 0.15) is 23.5 Å². The van der Waals surface area contributed by atoms with Gasteiger partial charge in [-0.15, -0.1) is 0 Å². The van der Waals surface area contributed by atoms with Crippen molar-refractivity contribution in [1.29, 1.82) is 0 Å². The van der Waals surface area contributed by atoms with E-state index >= 15 is 0 Å². The molecule has 0 saturated carbocycles. The van der Waals surface area contributed by atoms with E-state index in [1.54, 1.807) is 0 Å². The van der Waals surface area contributed by atoms with Crippen LogP contribution in [0.15, 0.2) is 24.4 Å². The molecule has 2 aromatic rings. The molecule has 0 amide bonds. The lowest BCUT2D eigenvalue weighted by Gasteiger charge is -2.39. The number of H-pyrrole nitrogens is 1. The summed E-state index contributed by atoms with van der Waals surface area (Å²) in [6, 6.07) is 6.69. The highest BCUT2D eigenvalue weighted by Gasteiger charge is 2.38. The molecule has 0 spiro atoms. The average molecular weight is 256 g/mol. The lowest BCUT2D eigenvalue weighted by Crippen LogP contribution is -2.48. The molecule has 4 rings (SSSR count). The first kappa shape index (κ1) is 11.1. The van der Waals surface area contributed by atoms with E-state index in [1.807, 2.05) is 0 Å². The topological polar surface area (TPSA) is 65.1 Å². The van der Waals surface area contributed by atoms with Crippen LogP contribution in [0.4, 0.5) is 0 Å². The first-order valence-electron chi connectivity index (χ1n) is 6.79. The van der Waals surface area contributed by atoms with Crippen molar-refractivity contribution in [3.8, 4) is 0 Å². The molecule has 1 unspecified atom stereocenters. The molecule has 19 heavy (non-hydrogen) atoms. The third-order valence-corrected chi connectivity index (χ3v) is 4.66. The monoisotopic (exact) mass is 256 g/mol. The van der Waals surface area contributed by atoms with Gasteiger partial charge >= 0.3 is 5.97 Å². The Bertz CT molecular complexity index is 661. The molecule has 1 aromatic carbocycles. The highest BCUT2D eigenvalue weighted by Crippen LogP contribution is 2.41. The summed E-state index contributed by atoms with van der Waals surface area (Å²) in [6.07, 6.45) is 3.83. The summed E-state index contributed by atoms with van der Waals surface area (Å²) >= 11 is 0. The molecule has 0 radical (unpaired) electrons. The summed E-state index contributed by atoms with van der Waals surface area (Å²) in [5.41, 5.74) is 3.83. The van der Waals surface area contributed by atoms with E-state index in [0.717, 1.165) is 12.8 Å². The molecule has 3 atom stereocenters. The number of carbonyl (C=O) groups is 1. The van der Waals surface area contributed by atoms with Crippen LogP contribution in [0.3, 0.4) is 0 Å². The van der Waals surface area contributed by atoms with Crippen LogP contribution >= 0.6 is 0 Å². The molecule has 3 N–H and O–H groups in total. The maximum atomic E-state index is 11.2. The molecule has 0 bridgehead atoms. The normalized spacial score (nSPS) is 29.2. The number of hydrogen-bond donors (Lipinski definition) is 3. The van der Waals surface area contributed by atoms with E-state index < -0.39 is 5.97 Å². The summed E-state index contributed by atoms with van der Waals surface area (Å²) in [6.45, 7) is 0.590. The Morgan fingerprint density at radius 3 is 3.11 bits per heavy atom. The molecule has 4 heteroatoms. The second-order valence-corrected chi connectivity index (χ2v) is 5.68. The van der Waals surface area contributed by atoms with Crippen molar-refractivity contribution in [2.75, 3.05) is 6.54 Å². The Morgan fingerprint density at radius 2 is 2.26 bits per heavy atom. The molecule has 1 aromatic heterocycles. The van der Waals surface area contributed by atoms with Gasteiger partial charge in [0, 0.05) is 35.6 Å². The quantitative estimate of drug-likeness (QED) is 0.729. The number of fused-ring (bicyclic) bond motifs is 2. The SMILES string of the molecule is O=C(O)C1CN[C@@H]2Cc3c[nH]c4cccc(c34)[C@H]2C1. The maximum Gasteiger partial charge on any atom is 0.307 e. The van der Waals surface area contributed by atoms with Gasteiger partial charge in [0.05, 0.1) is 5.92 Å². The van der Waals surface area contributed by atoms with E-state index in [0.29, 0.717) is 18.5 Å². The standard InChI is InChI=1S/C15H16N2O2/c18-15(19)9-4-11-10-2-1-3-12-14(10)8(6-16-12)5-13(11)17-7-9/h1-3,6,9,11,13,16-17H,4-5,7H2,(H,18,19)/t9?,11-,13-/m1/s1. The van der Waals surface area contributed by atoms with Gasteiger partial charge in [0.2, 0.25) is 0 Å². The minimum atomic E-state index is -0.682. The van der Waals surface area contributed by atoms with Gasteiger partial charge in [-0.25, -0.2) is 0 Å². The van der Waals surface area contributed by atoms with Gasteiger partial charge in [-0.3, -0.25) is 4.79 Å². The van der Waals surface area contributed by atoms with Gasteiger partial charge in [-0.1, -0.05) is 12.1 Å². The van der Waals surface area contributed by atoms with E-state index in [9.17, 15) is 9.90 Å². The highest BCUT2D eigenvalue weighted by atomic mass is 16.4. The van der Waals surface area contributed by atoms with Gasteiger partial charge in [-0.05, 0) is 30.0 Å². The van der Waals surface area contributed by atoms with Gasteiger partial charge in [0.1, 0.15) is 0 Å². The van der Waals surface area contributed by atoms with Crippen LogP contribution < -0.4 is 5.32 Å². The van der Waals surface area contributed by atoms with Crippen molar-refractivity contribution in [3.05, 3.63) is 35.5 Å². The lowest BCUT2D eigenvalue weighted by molar-refractivity contribution is -0.142. The first-order valence-corrected chi connectivity index (χ1v) is 6.79. The van der Waals surface area contributed by atoms with E-state index in [4.69, 9.17) is 0 Å². The molecular formula is C15H16N2O2. The van der Waals surface area contributed by atoms with Crippen LogP contribution in [-0.2, 0) is 11.2 Å². The van der Waals surface area contributed by atoms with Crippen molar-refractivity contribution < 1.29 is 9.90 Å². The van der Waals surface area contributed by atoms with Crippen molar-refractivity contribution >= 4 is 16.9 Å². The zero-order valence-electron chi connectivity index (χ0n) is 10.5. The smallest absolute Gasteiger partial charge is 0.307 e. The third-order valence-electron chi connectivity index (χ3n) is 4.66. The van der Waals surface area contributed by atoms with E-state index in [-0.39, 0.29) is 5.92 Å². The fourth-order valence-corrected chi connectivity index (χ4v) is 3.73. The summed E-state index contributed by atoms with van der Waals surface area (Å²) in [7, 11) is 0. The first-order chi connectivity index (χ1) is 9.24. The van der Waals surface area contributed by atoms with E-state index in [1.165, 1.54) is 22.0 Å². The van der Waals surface area contributed by atoms with Crippen molar-refractivity contribution in [1.82, 2.24) is 10.3 Å². The number of nitrogens with one attached hydrogen (secondary N) is 2. The van der Waals surface area contributed by atoms with Crippen LogP contribution in [-0.4, -0.2) is 28.6 Å². The minimum Gasteiger partial charge on any atom is -0.481 e. The van der Waals surface area contributed by atoms with Gasteiger partial charge in [0.25, 0.3) is 0 Å². The Hall–Kier alpha value is -1.81. The number of piperidine rings is 1. The van der Waals surface area contributed by atoms with Crippen molar-refractivity contribution in [3.63, 3.8) is 0 Å². The van der Waals surface area contributed by atoms with Gasteiger partial charge < -0.3 is 15.4 Å². The summed E-state index contributed by atoms with van der Waals surface area (Å²) in [4.78, 5) is 14.5. The number of carboxylic acid groups (broad SMARTS) is 1. The van der Waals surface area contributed by atoms with Crippen molar-refractivity contribution in [2.24, 2.45) is 5.92 Å². The molecule has 2 heterocycles. The third kappa shape index (κ3) is 1.53. The van der Waals surface area contributed by atoms with Crippen molar-refractivity contribution in [2.45, 2.75) is 24.8 Å². The second-order valence-electron chi connectivity index (χ2n) is 5.68. The number of carboxylic acids is 1. The largest absolute Gasteiger partial charge is 0.481 e. The van der Waals surface area contributed by atoms with Crippen LogP contribution in [0.25, 0.3) is 10.9 Å². The molecule has 1 fully saturated rings. The Morgan fingerprint density at radius 1 is 1.37 bits per heavy atom. The number of aliphatic carboxylic acids is 1. The predicted octanol–water partition coefficient (Wildman–Crippen LogP) is 1.87. The molecule has 1 aliphatic carbocycles. The highest BCUT2D eigenvalue weighted by molar-refractivity contribution is 5.88. The average Bonchev–Trinajstić information content (AvgIpc) is 2.83. The summed E-state index contributed by atoms with van der Waals surface area (Å²) in [5, 5.41) is 14.0. The fourth-order valence-electron chi connectivity index (χ4n) is 3.73. The number of aromatic amines is 1. The number of benzene rings is 1. The Kier molecular flexibility index (Phi) is 2.23. The molecule has 2 aliphatic rings. The van der Waals surface area contributed by atoms with Crippen LogP contribution in [0, 0.1) is 5.92 Å². The number of rotatable bonds is 1. The minimum absolute atomic E-state index is 0.267. The summed E-state index contributed by atoms with van der Waals surface area (Å²) in [5.74, 6) is -0.628. The van der Waals surface area contributed by atoms with Crippen LogP contribution in [0.5, 0.6) is 0 Å². The zero-order chi connectivity index (χ0) is 13.0. The lowest BCUT2D eigenvalue weighted by atomic mass is 9.73. The maximum absolute atomic E-state index is 11.2. The molecular weight excluding hydrogens is 240 g/mol. The van der Waals surface area contributed by atoms with Gasteiger partial charge in [-0.2, -0.15) is 0 Å². The van der Waals surface area contributed by atoms with Crippen LogP contribution in [0.2, 0.25) is 0 Å². The second kappa shape index (κ2) is 3.84. The number of hydrogen-bond acceptors (Lipinski definition) is 2. The Labute approximate surface area is 110 Å². The summed E-state index contributed by atoms with van der Waals surface area (Å²) < 4.78 is 0. The predicted molar refractivity (Wildman–Crippen MR) is 72.3 cm³/mol. The zero-order valence-corrected chi connectivity index (χ0v) is 10.5. The number of aromatic nitrogens is 1. The molecule has 98 valence electrons. The molecule has 4 nitrogen and oxygen atoms in total. The van der Waals surface area contributed by atoms with Gasteiger partial charge in [0.15, 0.2) is 0 Å². The Balaban J connectivity index is 1.82. The van der Waals surface area contributed by atoms with E-state index in [2.05, 4.69) is 34.7 Å². The molecule has 1 saturated heterocycles.